The summed E-state index contributed by atoms with van der Waals surface area (Å²) in [5.74, 6) is 0. The van der Waals surface area contributed by atoms with Gasteiger partial charge in [-0.2, -0.15) is 5.10 Å². The summed E-state index contributed by atoms with van der Waals surface area (Å²) in [5.41, 5.74) is 9.42. The molecule has 0 saturated heterocycles. The number of likely N-dealkylation sites (N-methyl/N-ethyl adjacent to an activating group) is 1. The van der Waals surface area contributed by atoms with Crippen LogP contribution in [0.3, 0.4) is 0 Å². The lowest BCUT2D eigenvalue weighted by Gasteiger charge is -2.21. The Bertz CT molecular complexity index is 504. The summed E-state index contributed by atoms with van der Waals surface area (Å²) in [6.45, 7) is 1.54. The van der Waals surface area contributed by atoms with Crippen molar-refractivity contribution >= 4 is 5.69 Å². The molecule has 2 rings (SSSR count). The van der Waals surface area contributed by atoms with E-state index in [1.807, 2.05) is 24.0 Å². The van der Waals surface area contributed by atoms with E-state index in [0.717, 1.165) is 13.0 Å². The number of hydrogen-bond acceptors (Lipinski definition) is 3. The first-order chi connectivity index (χ1) is 8.70. The normalized spacial score (nSPS) is 10.6. The number of hydrogen-bond donors (Lipinski definition) is 1. The number of benzene rings is 1. The van der Waals surface area contributed by atoms with Crippen LogP contribution in [0.4, 0.5) is 5.69 Å². The van der Waals surface area contributed by atoms with Gasteiger partial charge in [0.1, 0.15) is 0 Å². The monoisotopic (exact) mass is 244 g/mol. The topological polar surface area (TPSA) is 47.1 Å². The molecular formula is C14H20N4. The van der Waals surface area contributed by atoms with Crippen LogP contribution < -0.4 is 10.6 Å². The second-order valence-electron chi connectivity index (χ2n) is 4.53. The van der Waals surface area contributed by atoms with Crippen molar-refractivity contribution in [2.45, 2.75) is 13.0 Å². The number of nitrogens with zero attached hydrogens (tertiary/aromatic N) is 3. The number of rotatable bonds is 5. The molecule has 2 aromatic rings. The van der Waals surface area contributed by atoms with E-state index in [1.54, 1.807) is 0 Å². The fourth-order valence-corrected chi connectivity index (χ4v) is 2.07. The molecule has 4 heteroatoms. The minimum Gasteiger partial charge on any atom is -0.374 e. The van der Waals surface area contributed by atoms with Crippen LogP contribution in [-0.4, -0.2) is 23.4 Å². The number of nitrogens with two attached hydrogens (primary N) is 1. The zero-order chi connectivity index (χ0) is 13.0. The van der Waals surface area contributed by atoms with E-state index >= 15 is 0 Å². The summed E-state index contributed by atoms with van der Waals surface area (Å²) in [4.78, 5) is 2.25. The van der Waals surface area contributed by atoms with Crippen LogP contribution in [0.5, 0.6) is 0 Å². The van der Waals surface area contributed by atoms with E-state index in [2.05, 4.69) is 41.4 Å². The molecule has 0 aliphatic rings. The molecule has 2 N–H and O–H groups in total. The molecule has 0 amide bonds. The molecule has 0 unspecified atom stereocenters. The van der Waals surface area contributed by atoms with Crippen molar-refractivity contribution in [1.29, 1.82) is 0 Å². The predicted molar refractivity (Wildman–Crippen MR) is 74.5 cm³/mol. The van der Waals surface area contributed by atoms with Crippen molar-refractivity contribution in [3.05, 3.63) is 47.8 Å². The van der Waals surface area contributed by atoms with E-state index in [1.165, 1.54) is 16.8 Å². The maximum Gasteiger partial charge on any atom is 0.0522 e. The van der Waals surface area contributed by atoms with E-state index in [0.29, 0.717) is 6.54 Å². The molecule has 0 radical (unpaired) electrons. The average molecular weight is 244 g/mol. The Balaban J connectivity index is 2.01. The van der Waals surface area contributed by atoms with Crippen LogP contribution in [0.1, 0.15) is 11.1 Å². The SMILES string of the molecule is CN(CCc1cnn(C)c1)c1ccccc1CN. The molecule has 0 spiro atoms. The van der Waals surface area contributed by atoms with Gasteiger partial charge >= 0.3 is 0 Å². The summed E-state index contributed by atoms with van der Waals surface area (Å²) in [6.07, 6.45) is 4.97. The van der Waals surface area contributed by atoms with Gasteiger partial charge in [0.25, 0.3) is 0 Å². The molecule has 0 fully saturated rings. The maximum atomic E-state index is 5.76. The van der Waals surface area contributed by atoms with E-state index in [4.69, 9.17) is 5.73 Å². The second kappa shape index (κ2) is 5.69. The summed E-state index contributed by atoms with van der Waals surface area (Å²) in [6, 6.07) is 8.27. The zero-order valence-electron chi connectivity index (χ0n) is 11.0. The molecule has 0 saturated carbocycles. The van der Waals surface area contributed by atoms with Gasteiger partial charge in [0, 0.05) is 39.1 Å². The third-order valence-electron chi connectivity index (χ3n) is 3.12. The second-order valence-corrected chi connectivity index (χ2v) is 4.53. The van der Waals surface area contributed by atoms with E-state index < -0.39 is 0 Å². The van der Waals surface area contributed by atoms with Gasteiger partial charge in [-0.3, -0.25) is 4.68 Å². The van der Waals surface area contributed by atoms with Crippen molar-refractivity contribution in [3.63, 3.8) is 0 Å². The molecule has 0 atom stereocenters. The fraction of sp³-hybridized carbons (Fsp3) is 0.357. The molecule has 0 aliphatic carbocycles. The van der Waals surface area contributed by atoms with Crippen LogP contribution in [0.25, 0.3) is 0 Å². The van der Waals surface area contributed by atoms with Gasteiger partial charge < -0.3 is 10.6 Å². The number of aromatic nitrogens is 2. The smallest absolute Gasteiger partial charge is 0.0522 e. The van der Waals surface area contributed by atoms with Gasteiger partial charge in [-0.25, -0.2) is 0 Å². The maximum absolute atomic E-state index is 5.76. The Labute approximate surface area is 108 Å². The average Bonchev–Trinajstić information content (AvgIpc) is 2.81. The summed E-state index contributed by atoms with van der Waals surface area (Å²) in [5, 5.41) is 4.18. The summed E-state index contributed by atoms with van der Waals surface area (Å²) in [7, 11) is 4.04. The van der Waals surface area contributed by atoms with Crippen molar-refractivity contribution in [2.24, 2.45) is 12.8 Å². The van der Waals surface area contributed by atoms with Gasteiger partial charge in [0.15, 0.2) is 0 Å². The highest BCUT2D eigenvalue weighted by Gasteiger charge is 2.06. The van der Waals surface area contributed by atoms with Crippen LogP contribution in [0.15, 0.2) is 36.7 Å². The molecule has 0 bridgehead atoms. The first-order valence-electron chi connectivity index (χ1n) is 6.17. The van der Waals surface area contributed by atoms with Gasteiger partial charge in [-0.05, 0) is 23.6 Å². The third-order valence-corrected chi connectivity index (χ3v) is 3.12. The molecule has 4 nitrogen and oxygen atoms in total. The molecule has 96 valence electrons. The Kier molecular flexibility index (Phi) is 3.99. The van der Waals surface area contributed by atoms with Crippen LogP contribution >= 0.6 is 0 Å². The van der Waals surface area contributed by atoms with Crippen molar-refractivity contribution < 1.29 is 0 Å². The lowest BCUT2D eigenvalue weighted by Crippen LogP contribution is -2.22. The Morgan fingerprint density at radius 3 is 2.78 bits per heavy atom. The van der Waals surface area contributed by atoms with Crippen molar-refractivity contribution in [3.8, 4) is 0 Å². The largest absolute Gasteiger partial charge is 0.374 e. The summed E-state index contributed by atoms with van der Waals surface area (Å²) >= 11 is 0. The molecule has 1 aromatic heterocycles. The Morgan fingerprint density at radius 2 is 2.11 bits per heavy atom. The quantitative estimate of drug-likeness (QED) is 0.868. The lowest BCUT2D eigenvalue weighted by molar-refractivity contribution is 0.766. The molecular weight excluding hydrogens is 224 g/mol. The Hall–Kier alpha value is -1.81. The predicted octanol–water partition coefficient (Wildman–Crippen LogP) is 1.56. The number of para-hydroxylation sites is 1. The van der Waals surface area contributed by atoms with Crippen molar-refractivity contribution in [1.82, 2.24) is 9.78 Å². The lowest BCUT2D eigenvalue weighted by atomic mass is 10.1. The standard InChI is InChI=1S/C14H20N4/c1-17(8-7-12-10-16-18(2)11-12)14-6-4-3-5-13(14)9-15/h3-6,10-11H,7-9,15H2,1-2H3. The zero-order valence-corrected chi connectivity index (χ0v) is 11.0. The van der Waals surface area contributed by atoms with Crippen LogP contribution in [-0.2, 0) is 20.0 Å². The highest BCUT2D eigenvalue weighted by molar-refractivity contribution is 5.53. The minimum atomic E-state index is 0.577. The first-order valence-corrected chi connectivity index (χ1v) is 6.17. The van der Waals surface area contributed by atoms with Crippen LogP contribution in [0.2, 0.25) is 0 Å². The van der Waals surface area contributed by atoms with Gasteiger partial charge in [-0.1, -0.05) is 18.2 Å². The van der Waals surface area contributed by atoms with Gasteiger partial charge in [0.05, 0.1) is 6.20 Å². The van der Waals surface area contributed by atoms with Crippen LogP contribution in [0, 0.1) is 0 Å². The summed E-state index contributed by atoms with van der Waals surface area (Å²) < 4.78 is 1.84. The molecule has 1 aromatic carbocycles. The number of aryl methyl sites for hydroxylation is 1. The number of anilines is 1. The van der Waals surface area contributed by atoms with Gasteiger partial charge in [-0.15, -0.1) is 0 Å². The third kappa shape index (κ3) is 2.90. The fourth-order valence-electron chi connectivity index (χ4n) is 2.07. The molecule has 18 heavy (non-hydrogen) atoms. The van der Waals surface area contributed by atoms with Crippen molar-refractivity contribution in [2.75, 3.05) is 18.5 Å². The van der Waals surface area contributed by atoms with Gasteiger partial charge in [0.2, 0.25) is 0 Å². The highest BCUT2D eigenvalue weighted by atomic mass is 15.2. The first kappa shape index (κ1) is 12.6. The van der Waals surface area contributed by atoms with E-state index in [-0.39, 0.29) is 0 Å². The highest BCUT2D eigenvalue weighted by Crippen LogP contribution is 2.18. The Morgan fingerprint density at radius 1 is 1.33 bits per heavy atom. The minimum absolute atomic E-state index is 0.577. The molecule has 0 aliphatic heterocycles. The molecule has 1 heterocycles. The van der Waals surface area contributed by atoms with E-state index in [9.17, 15) is 0 Å².